The first-order valence-electron chi connectivity index (χ1n) is 6.23. The van der Waals surface area contributed by atoms with Crippen LogP contribution in [0.1, 0.15) is 0 Å². The molecule has 0 atom stereocenters. The van der Waals surface area contributed by atoms with E-state index in [1.165, 1.54) is 9.70 Å². The average Bonchev–Trinajstić information content (AvgIpc) is 2.88. The third-order valence-electron chi connectivity index (χ3n) is 2.45. The summed E-state index contributed by atoms with van der Waals surface area (Å²) in [6, 6.07) is 6.83. The number of carbonyl (C=O) groups is 1. The van der Waals surface area contributed by atoms with E-state index in [-0.39, 0.29) is 12.0 Å². The van der Waals surface area contributed by atoms with Crippen molar-refractivity contribution in [3.8, 4) is 11.8 Å². The van der Waals surface area contributed by atoms with E-state index < -0.39 is 0 Å². The summed E-state index contributed by atoms with van der Waals surface area (Å²) in [6.07, 6.45) is 1.66. The molecule has 0 fully saturated rings. The molecule has 1 heterocycles. The Morgan fingerprint density at radius 2 is 2.14 bits per heavy atom. The molecule has 0 saturated carbocycles. The van der Waals surface area contributed by atoms with Crippen molar-refractivity contribution < 1.29 is 9.53 Å². The van der Waals surface area contributed by atoms with Crippen LogP contribution < -0.4 is 10.1 Å². The Hall–Kier alpha value is -2.90. The fourth-order valence-electron chi connectivity index (χ4n) is 1.41. The summed E-state index contributed by atoms with van der Waals surface area (Å²) in [5.41, 5.74) is 0.671. The zero-order valence-corrected chi connectivity index (χ0v) is 11.9. The molecular weight excluding hydrogens is 272 g/mol. The van der Waals surface area contributed by atoms with Crippen LogP contribution in [0.3, 0.4) is 0 Å². The molecule has 110 valence electrons. The van der Waals surface area contributed by atoms with E-state index in [0.717, 1.165) is 0 Å². The predicted molar refractivity (Wildman–Crippen MR) is 77.2 cm³/mol. The standard InChI is InChI=1S/C13H16N6O2/c1-4-9-19-16-12(15-17-19)21-11-7-5-10(6-8-11)14-13(20)18(2)3/h4-8H,1,9H2,2-3H3,(H,14,20). The number of tetrazole rings is 1. The lowest BCUT2D eigenvalue weighted by Crippen LogP contribution is -2.27. The normalized spacial score (nSPS) is 10.0. The van der Waals surface area contributed by atoms with Crippen molar-refractivity contribution >= 4 is 11.7 Å². The van der Waals surface area contributed by atoms with Crippen LogP contribution in [0.5, 0.6) is 11.8 Å². The molecule has 21 heavy (non-hydrogen) atoms. The van der Waals surface area contributed by atoms with Gasteiger partial charge in [0.15, 0.2) is 0 Å². The monoisotopic (exact) mass is 288 g/mol. The van der Waals surface area contributed by atoms with Crippen LogP contribution in [0.25, 0.3) is 0 Å². The molecular formula is C13H16N6O2. The number of aromatic nitrogens is 4. The number of hydrogen-bond acceptors (Lipinski definition) is 5. The smallest absolute Gasteiger partial charge is 0.361 e. The van der Waals surface area contributed by atoms with Crippen molar-refractivity contribution in [1.82, 2.24) is 25.1 Å². The Balaban J connectivity index is 1.98. The van der Waals surface area contributed by atoms with Crippen molar-refractivity contribution in [2.24, 2.45) is 0 Å². The van der Waals surface area contributed by atoms with Gasteiger partial charge < -0.3 is 15.0 Å². The third-order valence-corrected chi connectivity index (χ3v) is 2.45. The van der Waals surface area contributed by atoms with Crippen molar-refractivity contribution in [3.05, 3.63) is 36.9 Å². The molecule has 1 N–H and O–H groups in total. The van der Waals surface area contributed by atoms with E-state index >= 15 is 0 Å². The highest BCUT2D eigenvalue weighted by Crippen LogP contribution is 2.19. The predicted octanol–water partition coefficient (Wildman–Crippen LogP) is 1.74. The SMILES string of the molecule is C=CCn1nnc(Oc2ccc(NC(=O)N(C)C)cc2)n1. The van der Waals surface area contributed by atoms with Gasteiger partial charge in [0.2, 0.25) is 0 Å². The molecule has 8 heteroatoms. The van der Waals surface area contributed by atoms with Crippen LogP contribution >= 0.6 is 0 Å². The minimum absolute atomic E-state index is 0.155. The van der Waals surface area contributed by atoms with Gasteiger partial charge in [-0.1, -0.05) is 16.3 Å². The zero-order valence-electron chi connectivity index (χ0n) is 11.9. The second kappa shape index (κ2) is 6.51. The summed E-state index contributed by atoms with van der Waals surface area (Å²) in [4.78, 5) is 14.3. The van der Waals surface area contributed by atoms with Crippen molar-refractivity contribution in [2.75, 3.05) is 19.4 Å². The van der Waals surface area contributed by atoms with Crippen LogP contribution in [0.2, 0.25) is 0 Å². The molecule has 0 radical (unpaired) electrons. The molecule has 1 aromatic heterocycles. The fourth-order valence-corrected chi connectivity index (χ4v) is 1.41. The summed E-state index contributed by atoms with van der Waals surface area (Å²) in [7, 11) is 3.34. The zero-order chi connectivity index (χ0) is 15.2. The third kappa shape index (κ3) is 4.03. The maximum atomic E-state index is 11.5. The summed E-state index contributed by atoms with van der Waals surface area (Å²) in [5, 5.41) is 14.3. The number of allylic oxidation sites excluding steroid dienone is 1. The van der Waals surface area contributed by atoms with Gasteiger partial charge in [-0.25, -0.2) is 4.79 Å². The number of amides is 2. The Morgan fingerprint density at radius 1 is 1.43 bits per heavy atom. The topological polar surface area (TPSA) is 85.2 Å². The van der Waals surface area contributed by atoms with Gasteiger partial charge in [0, 0.05) is 19.8 Å². The molecule has 2 aromatic rings. The van der Waals surface area contributed by atoms with Crippen LogP contribution in [0.15, 0.2) is 36.9 Å². The average molecular weight is 288 g/mol. The van der Waals surface area contributed by atoms with Crippen LogP contribution in [0, 0.1) is 0 Å². The number of hydrogen-bond donors (Lipinski definition) is 1. The Bertz CT molecular complexity index is 620. The summed E-state index contributed by atoms with van der Waals surface area (Å²) >= 11 is 0. The van der Waals surface area contributed by atoms with Crippen LogP contribution in [-0.4, -0.2) is 45.2 Å². The van der Waals surface area contributed by atoms with E-state index in [9.17, 15) is 4.79 Å². The van der Waals surface area contributed by atoms with Crippen molar-refractivity contribution in [3.63, 3.8) is 0 Å². The molecule has 8 nitrogen and oxygen atoms in total. The number of rotatable bonds is 5. The first-order valence-corrected chi connectivity index (χ1v) is 6.23. The van der Waals surface area contributed by atoms with Crippen LogP contribution in [-0.2, 0) is 6.54 Å². The minimum Gasteiger partial charge on any atom is -0.422 e. The van der Waals surface area contributed by atoms with Crippen LogP contribution in [0.4, 0.5) is 10.5 Å². The number of urea groups is 1. The van der Waals surface area contributed by atoms with E-state index in [1.807, 2.05) is 0 Å². The number of anilines is 1. The highest BCUT2D eigenvalue weighted by atomic mass is 16.5. The first kappa shape index (κ1) is 14.5. The maximum Gasteiger partial charge on any atom is 0.361 e. The molecule has 2 amide bonds. The molecule has 2 rings (SSSR count). The van der Waals surface area contributed by atoms with E-state index in [0.29, 0.717) is 18.0 Å². The lowest BCUT2D eigenvalue weighted by molar-refractivity contribution is 0.230. The summed E-state index contributed by atoms with van der Waals surface area (Å²) < 4.78 is 5.45. The highest BCUT2D eigenvalue weighted by Gasteiger charge is 2.06. The second-order valence-electron chi connectivity index (χ2n) is 4.37. The van der Waals surface area contributed by atoms with E-state index in [2.05, 4.69) is 27.3 Å². The van der Waals surface area contributed by atoms with Gasteiger partial charge in [-0.15, -0.1) is 6.58 Å². The lowest BCUT2D eigenvalue weighted by atomic mass is 10.3. The first-order chi connectivity index (χ1) is 10.1. The van der Waals surface area contributed by atoms with Gasteiger partial charge in [0.05, 0.1) is 6.54 Å². The largest absolute Gasteiger partial charge is 0.422 e. The number of benzene rings is 1. The molecule has 0 aliphatic rings. The fraction of sp³-hybridized carbons (Fsp3) is 0.231. The molecule has 0 spiro atoms. The van der Waals surface area contributed by atoms with Gasteiger partial charge in [0.1, 0.15) is 5.75 Å². The number of carbonyl (C=O) groups excluding carboxylic acids is 1. The highest BCUT2D eigenvalue weighted by molar-refractivity contribution is 5.88. The molecule has 0 aliphatic carbocycles. The summed E-state index contributed by atoms with van der Waals surface area (Å²) in [6.45, 7) is 4.05. The molecule has 1 aromatic carbocycles. The van der Waals surface area contributed by atoms with Crippen molar-refractivity contribution in [2.45, 2.75) is 6.54 Å². The van der Waals surface area contributed by atoms with Gasteiger partial charge in [-0.3, -0.25) is 0 Å². The number of ether oxygens (including phenoxy) is 1. The Morgan fingerprint density at radius 3 is 2.76 bits per heavy atom. The molecule has 0 unspecified atom stereocenters. The van der Waals surface area contributed by atoms with E-state index in [1.54, 1.807) is 44.4 Å². The van der Waals surface area contributed by atoms with Gasteiger partial charge >= 0.3 is 12.0 Å². The van der Waals surface area contributed by atoms with Gasteiger partial charge in [-0.05, 0) is 29.5 Å². The quantitative estimate of drug-likeness (QED) is 0.847. The molecule has 0 saturated heterocycles. The number of nitrogens with zero attached hydrogens (tertiary/aromatic N) is 5. The maximum absolute atomic E-state index is 11.5. The number of nitrogens with one attached hydrogen (secondary N) is 1. The van der Waals surface area contributed by atoms with Gasteiger partial charge in [-0.2, -0.15) is 4.80 Å². The van der Waals surface area contributed by atoms with E-state index in [4.69, 9.17) is 4.74 Å². The Kier molecular flexibility index (Phi) is 4.50. The van der Waals surface area contributed by atoms with Gasteiger partial charge in [0.25, 0.3) is 0 Å². The lowest BCUT2D eigenvalue weighted by Gasteiger charge is -2.12. The second-order valence-corrected chi connectivity index (χ2v) is 4.37. The van der Waals surface area contributed by atoms with Crippen molar-refractivity contribution in [1.29, 1.82) is 0 Å². The minimum atomic E-state index is -0.197. The molecule has 0 aliphatic heterocycles. The summed E-state index contributed by atoms with van der Waals surface area (Å²) in [5.74, 6) is 0.552. The molecule has 0 bridgehead atoms. The Labute approximate surface area is 122 Å².